The maximum absolute atomic E-state index is 12.6. The Labute approximate surface area is 308 Å². The van der Waals surface area contributed by atoms with Crippen molar-refractivity contribution in [2.45, 2.75) is 200 Å². The first-order valence-electron chi connectivity index (χ1n) is 20.8. The number of nitrogens with zero attached hydrogens (tertiary/aromatic N) is 1. The predicted molar refractivity (Wildman–Crippen MR) is 206 cm³/mol. The number of ether oxygens (including phenoxy) is 2. The van der Waals surface area contributed by atoms with Crippen LogP contribution >= 0.6 is 7.82 Å². The van der Waals surface area contributed by atoms with Gasteiger partial charge in [0.15, 0.2) is 6.10 Å². The first kappa shape index (κ1) is 49.0. The minimum Gasteiger partial charge on any atom is -0.462 e. The predicted octanol–water partition coefficient (Wildman–Crippen LogP) is 11.2. The van der Waals surface area contributed by atoms with Crippen LogP contribution in [0, 0.1) is 0 Å². The van der Waals surface area contributed by atoms with Crippen LogP contribution < -0.4 is 0 Å². The van der Waals surface area contributed by atoms with Crippen LogP contribution in [0.3, 0.4) is 0 Å². The van der Waals surface area contributed by atoms with E-state index >= 15 is 0 Å². The van der Waals surface area contributed by atoms with Gasteiger partial charge >= 0.3 is 19.8 Å². The van der Waals surface area contributed by atoms with Crippen molar-refractivity contribution in [3.8, 4) is 0 Å². The van der Waals surface area contributed by atoms with Gasteiger partial charge in [0.05, 0.1) is 27.7 Å². The van der Waals surface area contributed by atoms with Gasteiger partial charge in [-0.15, -0.1) is 0 Å². The Balaban J connectivity index is 4.36. The molecule has 0 saturated heterocycles. The third-order valence-corrected chi connectivity index (χ3v) is 10.1. The smallest absolute Gasteiger partial charge is 0.462 e. The molecule has 50 heavy (non-hydrogen) atoms. The molecule has 1 N–H and O–H groups in total. The molecule has 2 atom stereocenters. The lowest BCUT2D eigenvalue weighted by molar-refractivity contribution is -0.870. The van der Waals surface area contributed by atoms with E-state index in [1.54, 1.807) is 0 Å². The maximum Gasteiger partial charge on any atom is 0.472 e. The average Bonchev–Trinajstić information content (AvgIpc) is 3.06. The second kappa shape index (κ2) is 33.8. The van der Waals surface area contributed by atoms with Gasteiger partial charge in [-0.1, -0.05) is 168 Å². The van der Waals surface area contributed by atoms with E-state index in [1.165, 1.54) is 128 Å². The van der Waals surface area contributed by atoms with Gasteiger partial charge in [0, 0.05) is 12.8 Å². The lowest BCUT2D eigenvalue weighted by atomic mass is 10.0. The van der Waals surface area contributed by atoms with E-state index in [2.05, 4.69) is 13.8 Å². The summed E-state index contributed by atoms with van der Waals surface area (Å²) in [6, 6.07) is 0. The van der Waals surface area contributed by atoms with Gasteiger partial charge in [-0.3, -0.25) is 18.6 Å². The molecular formula is C40H81NO8P+. The van der Waals surface area contributed by atoms with E-state index in [-0.39, 0.29) is 25.6 Å². The largest absolute Gasteiger partial charge is 0.472 e. The highest BCUT2D eigenvalue weighted by Crippen LogP contribution is 2.43. The topological polar surface area (TPSA) is 108 Å². The van der Waals surface area contributed by atoms with Crippen LogP contribution in [0.1, 0.15) is 194 Å². The van der Waals surface area contributed by atoms with Crippen molar-refractivity contribution in [3.05, 3.63) is 0 Å². The fourth-order valence-corrected chi connectivity index (χ4v) is 6.58. The van der Waals surface area contributed by atoms with E-state index in [4.69, 9.17) is 18.5 Å². The number of unbranched alkanes of at least 4 members (excludes halogenated alkanes) is 24. The molecule has 0 radical (unpaired) electrons. The van der Waals surface area contributed by atoms with Crippen LogP contribution in [0.2, 0.25) is 0 Å². The van der Waals surface area contributed by atoms with Crippen LogP contribution in [0.15, 0.2) is 0 Å². The number of likely N-dealkylation sites (N-methyl/N-ethyl adjacent to an activating group) is 1. The van der Waals surface area contributed by atoms with E-state index in [9.17, 15) is 19.0 Å². The zero-order valence-electron chi connectivity index (χ0n) is 33.4. The van der Waals surface area contributed by atoms with E-state index < -0.39 is 26.5 Å². The molecule has 1 unspecified atom stereocenters. The van der Waals surface area contributed by atoms with E-state index in [0.29, 0.717) is 17.4 Å². The zero-order valence-corrected chi connectivity index (χ0v) is 34.3. The van der Waals surface area contributed by atoms with Crippen LogP contribution in [-0.2, 0) is 32.7 Å². The molecule has 0 aromatic heterocycles. The molecule has 9 nitrogen and oxygen atoms in total. The molecule has 0 aliphatic rings. The Morgan fingerprint density at radius 3 is 1.28 bits per heavy atom. The lowest BCUT2D eigenvalue weighted by Gasteiger charge is -2.24. The molecule has 298 valence electrons. The highest BCUT2D eigenvalue weighted by molar-refractivity contribution is 7.47. The minimum absolute atomic E-state index is 0.0366. The summed E-state index contributed by atoms with van der Waals surface area (Å²) in [5.41, 5.74) is 0. The van der Waals surface area contributed by atoms with Crippen molar-refractivity contribution in [1.29, 1.82) is 0 Å². The second-order valence-electron chi connectivity index (χ2n) is 15.4. The average molecular weight is 735 g/mol. The van der Waals surface area contributed by atoms with Crippen molar-refractivity contribution in [1.82, 2.24) is 0 Å². The van der Waals surface area contributed by atoms with Gasteiger partial charge in [-0.05, 0) is 12.8 Å². The summed E-state index contributed by atoms with van der Waals surface area (Å²) in [6.07, 6.45) is 31.4. The van der Waals surface area contributed by atoms with Gasteiger partial charge in [-0.2, -0.15) is 0 Å². The Bertz CT molecular complexity index is 835. The number of rotatable bonds is 38. The quantitative estimate of drug-likeness (QED) is 0.0289. The van der Waals surface area contributed by atoms with E-state index in [0.717, 1.165) is 38.5 Å². The molecule has 0 saturated carbocycles. The molecular weight excluding hydrogens is 653 g/mol. The van der Waals surface area contributed by atoms with Crippen LogP contribution in [0.5, 0.6) is 0 Å². The zero-order chi connectivity index (χ0) is 37.2. The number of quaternary nitrogens is 1. The highest BCUT2D eigenvalue weighted by atomic mass is 31.2. The minimum atomic E-state index is -4.36. The Morgan fingerprint density at radius 2 is 0.900 bits per heavy atom. The lowest BCUT2D eigenvalue weighted by Crippen LogP contribution is -2.37. The molecule has 10 heteroatoms. The number of hydrogen-bond acceptors (Lipinski definition) is 7. The molecule has 0 spiro atoms. The van der Waals surface area contributed by atoms with Gasteiger partial charge < -0.3 is 18.9 Å². The van der Waals surface area contributed by atoms with Gasteiger partial charge in [-0.25, -0.2) is 4.57 Å². The molecule has 0 heterocycles. The van der Waals surface area contributed by atoms with Crippen molar-refractivity contribution in [3.63, 3.8) is 0 Å². The fourth-order valence-electron chi connectivity index (χ4n) is 5.84. The molecule has 0 rings (SSSR count). The number of hydrogen-bond donors (Lipinski definition) is 1. The second-order valence-corrected chi connectivity index (χ2v) is 16.8. The van der Waals surface area contributed by atoms with Crippen LogP contribution in [0.25, 0.3) is 0 Å². The third-order valence-electron chi connectivity index (χ3n) is 9.14. The molecule has 0 fully saturated rings. The summed E-state index contributed by atoms with van der Waals surface area (Å²) in [5, 5.41) is 0. The van der Waals surface area contributed by atoms with Crippen LogP contribution in [0.4, 0.5) is 0 Å². The fraction of sp³-hybridized carbons (Fsp3) is 0.950. The third kappa shape index (κ3) is 36.8. The number of carbonyl (C=O) groups is 2. The first-order valence-corrected chi connectivity index (χ1v) is 22.3. The summed E-state index contributed by atoms with van der Waals surface area (Å²) in [6.45, 7) is 4.44. The molecule has 0 aliphatic heterocycles. The summed E-state index contributed by atoms with van der Waals surface area (Å²) >= 11 is 0. The number of phosphoric acid groups is 1. The normalized spacial score (nSPS) is 13.6. The Morgan fingerprint density at radius 1 is 0.540 bits per heavy atom. The highest BCUT2D eigenvalue weighted by Gasteiger charge is 2.27. The molecule has 0 bridgehead atoms. The van der Waals surface area contributed by atoms with Gasteiger partial charge in [0.25, 0.3) is 0 Å². The summed E-state index contributed by atoms with van der Waals surface area (Å²) in [4.78, 5) is 35.2. The summed E-state index contributed by atoms with van der Waals surface area (Å²) < 4.78 is 34.2. The van der Waals surface area contributed by atoms with Crippen molar-refractivity contribution >= 4 is 19.8 Å². The number of carbonyl (C=O) groups excluding carboxylic acids is 2. The maximum atomic E-state index is 12.6. The van der Waals surface area contributed by atoms with Crippen molar-refractivity contribution in [2.24, 2.45) is 0 Å². The number of esters is 2. The monoisotopic (exact) mass is 735 g/mol. The Hall–Kier alpha value is -0.990. The van der Waals surface area contributed by atoms with Crippen LogP contribution in [-0.4, -0.2) is 74.9 Å². The van der Waals surface area contributed by atoms with E-state index in [1.807, 2.05) is 21.1 Å². The molecule has 0 aromatic rings. The van der Waals surface area contributed by atoms with Gasteiger partial charge in [0.1, 0.15) is 19.8 Å². The molecule has 0 amide bonds. The summed E-state index contributed by atoms with van der Waals surface area (Å²) in [5.74, 6) is -0.787. The first-order chi connectivity index (χ1) is 24.0. The van der Waals surface area contributed by atoms with Gasteiger partial charge in [0.2, 0.25) is 0 Å². The number of phosphoric ester groups is 1. The van der Waals surface area contributed by atoms with Crippen molar-refractivity contribution < 1.29 is 42.1 Å². The molecule has 0 aromatic carbocycles. The SMILES string of the molecule is CCCCCCCCCCCCCCCC(=O)OC[C@@H](COP(=O)(O)OCC[N+](C)(C)C)OC(=O)CCCCCCCCCCCCCCC. The van der Waals surface area contributed by atoms with Crippen molar-refractivity contribution in [2.75, 3.05) is 47.5 Å². The summed E-state index contributed by atoms with van der Waals surface area (Å²) in [7, 11) is 1.49. The molecule has 0 aliphatic carbocycles. The standard InChI is InChI=1S/C40H80NO8P/c1-6-8-10-12-14-16-18-20-22-24-26-28-30-32-39(42)46-36-38(37-48-50(44,45)47-35-34-41(3,4)5)49-40(43)33-31-29-27-25-23-21-19-17-15-13-11-9-7-2/h38H,6-37H2,1-5H3/p+1/t38-/m0/s1. The Kier molecular flexibility index (Phi) is 33.2.